The van der Waals surface area contributed by atoms with Gasteiger partial charge in [-0.2, -0.15) is 0 Å². The van der Waals surface area contributed by atoms with Crippen LogP contribution in [-0.4, -0.2) is 6.54 Å². The van der Waals surface area contributed by atoms with Gasteiger partial charge in [-0.1, -0.05) is 120 Å². The van der Waals surface area contributed by atoms with Crippen LogP contribution in [0.1, 0.15) is 94.7 Å². The average Bonchev–Trinajstić information content (AvgIpc) is 3.10. The maximum absolute atomic E-state index is 5.71. The van der Waals surface area contributed by atoms with Crippen LogP contribution in [0.25, 0.3) is 16.8 Å². The van der Waals surface area contributed by atoms with Crippen molar-refractivity contribution in [3.8, 4) is 5.75 Å². The molecule has 0 amide bonds. The van der Waals surface area contributed by atoms with E-state index in [4.69, 9.17) is 4.74 Å². The van der Waals surface area contributed by atoms with Gasteiger partial charge >= 0.3 is 0 Å². The molecule has 3 heteroatoms. The molecule has 1 unspecified atom stereocenters. The Kier molecular flexibility index (Phi) is 14.3. The predicted molar refractivity (Wildman–Crippen MR) is 197 cm³/mol. The summed E-state index contributed by atoms with van der Waals surface area (Å²) in [5.41, 5.74) is 12.7. The molecular weight excluding hydrogens is 548 g/mol. The lowest BCUT2D eigenvalue weighted by Crippen LogP contribution is -2.21. The fourth-order valence-electron chi connectivity index (χ4n) is 5.51. The molecule has 0 aliphatic carbocycles. The Balaban J connectivity index is 0.000000221. The molecule has 3 aliphatic rings. The third kappa shape index (κ3) is 9.49. The molecule has 3 aromatic rings. The zero-order chi connectivity index (χ0) is 32.6. The van der Waals surface area contributed by atoms with E-state index >= 15 is 0 Å². The normalized spacial score (nSPS) is 17.9. The minimum Gasteiger partial charge on any atom is -0.464 e. The van der Waals surface area contributed by atoms with Crippen molar-refractivity contribution < 1.29 is 4.74 Å². The van der Waals surface area contributed by atoms with Gasteiger partial charge in [0.1, 0.15) is 5.75 Å². The molecule has 3 aromatic carbocycles. The van der Waals surface area contributed by atoms with Gasteiger partial charge in [0.25, 0.3) is 0 Å². The van der Waals surface area contributed by atoms with Crippen LogP contribution in [-0.2, 0) is 0 Å². The summed E-state index contributed by atoms with van der Waals surface area (Å²) in [5, 5.41) is 7.06. The Hall–Kier alpha value is -4.50. The molecule has 3 heterocycles. The maximum Gasteiger partial charge on any atom is 0.134 e. The molecule has 6 rings (SSSR count). The summed E-state index contributed by atoms with van der Waals surface area (Å²) in [6.07, 6.45) is 15.3. The molecule has 0 spiro atoms. The second kappa shape index (κ2) is 18.3. The Labute approximate surface area is 272 Å². The highest BCUT2D eigenvalue weighted by molar-refractivity contribution is 5.81. The van der Waals surface area contributed by atoms with Crippen LogP contribution in [0.2, 0.25) is 0 Å². The summed E-state index contributed by atoms with van der Waals surface area (Å²) >= 11 is 0. The fourth-order valence-corrected chi connectivity index (χ4v) is 5.51. The number of aryl methyl sites for hydroxylation is 1. The summed E-state index contributed by atoms with van der Waals surface area (Å²) < 4.78 is 5.71. The van der Waals surface area contributed by atoms with Crippen LogP contribution in [0.15, 0.2) is 127 Å². The first-order valence-corrected chi connectivity index (χ1v) is 16.6. The number of benzene rings is 3. The second-order valence-corrected chi connectivity index (χ2v) is 10.8. The quantitative estimate of drug-likeness (QED) is 0.312. The zero-order valence-corrected chi connectivity index (χ0v) is 28.4. The number of fused-ring (bicyclic) bond motifs is 1. The van der Waals surface area contributed by atoms with Crippen LogP contribution >= 0.6 is 0 Å². The molecule has 0 radical (unpaired) electrons. The molecule has 236 valence electrons. The van der Waals surface area contributed by atoms with E-state index in [-0.39, 0.29) is 0 Å². The molecule has 0 saturated carbocycles. The Bertz CT molecular complexity index is 1540. The lowest BCUT2D eigenvalue weighted by atomic mass is 9.90. The third-order valence-electron chi connectivity index (χ3n) is 7.88. The van der Waals surface area contributed by atoms with Gasteiger partial charge in [0.15, 0.2) is 0 Å². The highest BCUT2D eigenvalue weighted by Gasteiger charge is 2.19. The topological polar surface area (TPSA) is 33.3 Å². The van der Waals surface area contributed by atoms with E-state index in [9.17, 15) is 0 Å². The number of rotatable bonds is 4. The van der Waals surface area contributed by atoms with Crippen LogP contribution in [0.4, 0.5) is 0 Å². The summed E-state index contributed by atoms with van der Waals surface area (Å²) in [6, 6.07) is 25.9. The Morgan fingerprint density at radius 2 is 1.53 bits per heavy atom. The number of nitrogens with one attached hydrogen (secondary N) is 2. The van der Waals surface area contributed by atoms with Crippen molar-refractivity contribution in [3.63, 3.8) is 0 Å². The molecule has 1 atom stereocenters. The molecule has 45 heavy (non-hydrogen) atoms. The zero-order valence-electron chi connectivity index (χ0n) is 28.4. The van der Waals surface area contributed by atoms with Gasteiger partial charge in [-0.25, -0.2) is 0 Å². The molecule has 0 saturated heterocycles. The molecular formula is C42H52N2O. The summed E-state index contributed by atoms with van der Waals surface area (Å²) in [5.74, 6) is 0.879. The minimum absolute atomic E-state index is 0.372. The number of ether oxygens (including phenoxy) is 1. The van der Waals surface area contributed by atoms with Crippen LogP contribution < -0.4 is 15.4 Å². The van der Waals surface area contributed by atoms with Gasteiger partial charge in [-0.15, -0.1) is 0 Å². The van der Waals surface area contributed by atoms with Gasteiger partial charge in [0.2, 0.25) is 0 Å². The van der Waals surface area contributed by atoms with E-state index in [1.54, 1.807) is 6.26 Å². The number of allylic oxidation sites excluding steroid dienone is 7. The van der Waals surface area contributed by atoms with E-state index in [2.05, 4.69) is 123 Å². The standard InChI is InChI=1S/C19H21NO.C19H19N.2C2H6/c1-13-7-8-18(20-12-13)16-11-17-14(2)6-4-5-9-21-19(17)10-15(16)3;1-2-15-13-19(17-11-7-4-8-12-17)20-14-18(15)16-9-5-3-6-10-16;2*1-2/h4-6,9-12,18,20H,2,7-8H2,1,3H3;3-13,20H,2,14H2,1H3;2*1-2H3/b6-4-,9-5-;;;. The molecule has 0 aromatic heterocycles. The molecule has 0 bridgehead atoms. The SMILES string of the molecule is C=C1/C=C\C=C/Oc2cc(C)c(C3CCC(C)=CN3)cc21.CC.CC.CCC1=C(c2ccccc2)CNC(c2ccccc2)=C1. The van der Waals surface area contributed by atoms with Crippen molar-refractivity contribution in [2.24, 2.45) is 0 Å². The highest BCUT2D eigenvalue weighted by Crippen LogP contribution is 2.35. The van der Waals surface area contributed by atoms with E-state index < -0.39 is 0 Å². The third-order valence-corrected chi connectivity index (χ3v) is 7.88. The number of hydrogen-bond donors (Lipinski definition) is 2. The first-order valence-electron chi connectivity index (χ1n) is 16.6. The van der Waals surface area contributed by atoms with Crippen LogP contribution in [0.3, 0.4) is 0 Å². The molecule has 2 N–H and O–H groups in total. The molecule has 3 nitrogen and oxygen atoms in total. The number of dihydropyridines is 1. The summed E-state index contributed by atoms with van der Waals surface area (Å²) in [6.45, 7) is 19.6. The lowest BCUT2D eigenvalue weighted by Gasteiger charge is -2.26. The van der Waals surface area contributed by atoms with E-state index in [1.165, 1.54) is 44.7 Å². The molecule has 3 aliphatic heterocycles. The average molecular weight is 601 g/mol. The van der Waals surface area contributed by atoms with Crippen molar-refractivity contribution in [2.75, 3.05) is 6.54 Å². The lowest BCUT2D eigenvalue weighted by molar-refractivity contribution is 0.477. The predicted octanol–water partition coefficient (Wildman–Crippen LogP) is 11.3. The van der Waals surface area contributed by atoms with Crippen molar-refractivity contribution >= 4 is 16.8 Å². The fraction of sp³-hybridized carbons (Fsp3) is 0.286. The van der Waals surface area contributed by atoms with Crippen molar-refractivity contribution in [2.45, 2.75) is 73.8 Å². The summed E-state index contributed by atoms with van der Waals surface area (Å²) in [7, 11) is 0. The first-order chi connectivity index (χ1) is 22.0. The minimum atomic E-state index is 0.372. The van der Waals surface area contributed by atoms with Crippen LogP contribution in [0, 0.1) is 6.92 Å². The molecule has 0 fully saturated rings. The number of hydrogen-bond acceptors (Lipinski definition) is 3. The maximum atomic E-state index is 5.71. The Morgan fingerprint density at radius 1 is 0.867 bits per heavy atom. The van der Waals surface area contributed by atoms with E-state index in [0.29, 0.717) is 6.04 Å². The largest absolute Gasteiger partial charge is 0.464 e. The first kappa shape index (κ1) is 35.0. The Morgan fingerprint density at radius 3 is 2.16 bits per heavy atom. The van der Waals surface area contributed by atoms with Gasteiger partial charge in [-0.05, 0) is 103 Å². The second-order valence-electron chi connectivity index (χ2n) is 10.8. The van der Waals surface area contributed by atoms with Crippen molar-refractivity contribution in [1.82, 2.24) is 10.6 Å². The van der Waals surface area contributed by atoms with Gasteiger partial charge in [0.05, 0.1) is 12.3 Å². The van der Waals surface area contributed by atoms with Gasteiger partial charge in [0, 0.05) is 17.8 Å². The smallest absolute Gasteiger partial charge is 0.134 e. The van der Waals surface area contributed by atoms with Crippen molar-refractivity contribution in [3.05, 3.63) is 155 Å². The van der Waals surface area contributed by atoms with E-state index in [0.717, 1.165) is 42.7 Å². The van der Waals surface area contributed by atoms with Gasteiger partial charge in [-0.3, -0.25) is 0 Å². The summed E-state index contributed by atoms with van der Waals surface area (Å²) in [4.78, 5) is 0. The monoisotopic (exact) mass is 600 g/mol. The van der Waals surface area contributed by atoms with Crippen LogP contribution in [0.5, 0.6) is 5.75 Å². The highest BCUT2D eigenvalue weighted by atomic mass is 16.5. The van der Waals surface area contributed by atoms with Crippen molar-refractivity contribution in [1.29, 1.82) is 0 Å². The van der Waals surface area contributed by atoms with E-state index in [1.807, 2.05) is 45.9 Å². The van der Waals surface area contributed by atoms with Gasteiger partial charge < -0.3 is 15.4 Å².